The minimum absolute atomic E-state index is 0.0168. The number of nitrogens with zero attached hydrogens (tertiary/aromatic N) is 2. The van der Waals surface area contributed by atoms with Crippen LogP contribution in [0.3, 0.4) is 0 Å². The van der Waals surface area contributed by atoms with Crippen LogP contribution in [0.25, 0.3) is 0 Å². The van der Waals surface area contributed by atoms with E-state index in [9.17, 15) is 14.9 Å². The molecule has 1 saturated heterocycles. The quantitative estimate of drug-likeness (QED) is 0.644. The van der Waals surface area contributed by atoms with Crippen molar-refractivity contribution in [2.45, 2.75) is 6.54 Å². The molecule has 1 fully saturated rings. The number of nitro groups is 1. The van der Waals surface area contributed by atoms with Gasteiger partial charge in [0.15, 0.2) is 0 Å². The maximum atomic E-state index is 12.7. The van der Waals surface area contributed by atoms with Crippen molar-refractivity contribution in [1.29, 1.82) is 0 Å². The van der Waals surface area contributed by atoms with Gasteiger partial charge in [-0.05, 0) is 12.1 Å². The molecule has 1 amide bonds. The van der Waals surface area contributed by atoms with Crippen LogP contribution in [-0.4, -0.2) is 49.0 Å². The lowest BCUT2D eigenvalue weighted by molar-refractivity contribution is -0.917. The number of quaternary nitrogens is 1. The summed E-state index contributed by atoms with van der Waals surface area (Å²) in [4.78, 5) is 26.4. The van der Waals surface area contributed by atoms with Gasteiger partial charge in [-0.1, -0.05) is 24.3 Å². The zero-order valence-electron chi connectivity index (χ0n) is 14.7. The molecule has 0 saturated carbocycles. The third-order valence-corrected chi connectivity index (χ3v) is 4.67. The molecule has 0 atom stereocenters. The van der Waals surface area contributed by atoms with Crippen molar-refractivity contribution in [3.63, 3.8) is 0 Å². The van der Waals surface area contributed by atoms with Crippen LogP contribution >= 0.6 is 0 Å². The van der Waals surface area contributed by atoms with Gasteiger partial charge in [0.2, 0.25) is 0 Å². The lowest BCUT2D eigenvalue weighted by Crippen LogP contribution is -3.13. The van der Waals surface area contributed by atoms with Crippen LogP contribution < -0.4 is 9.64 Å². The molecule has 26 heavy (non-hydrogen) atoms. The fraction of sp³-hybridized carbons (Fsp3) is 0.316. The molecule has 0 unspecified atom stereocenters. The summed E-state index contributed by atoms with van der Waals surface area (Å²) in [5.41, 5.74) is 1.64. The summed E-state index contributed by atoms with van der Waals surface area (Å²) in [5.74, 6) is 0.570. The van der Waals surface area contributed by atoms with Crippen LogP contribution in [-0.2, 0) is 6.54 Å². The van der Waals surface area contributed by atoms with E-state index >= 15 is 0 Å². The zero-order valence-corrected chi connectivity index (χ0v) is 14.7. The Hall–Kier alpha value is -2.93. The number of ether oxygens (including phenoxy) is 1. The molecular weight excluding hydrogens is 334 g/mol. The smallest absolute Gasteiger partial charge is 0.269 e. The average molecular weight is 356 g/mol. The van der Waals surface area contributed by atoms with Crippen molar-refractivity contribution in [1.82, 2.24) is 4.90 Å². The topological polar surface area (TPSA) is 77.1 Å². The molecule has 7 nitrogen and oxygen atoms in total. The Morgan fingerprint density at radius 1 is 1.19 bits per heavy atom. The number of carbonyl (C=O) groups is 1. The number of benzene rings is 2. The summed E-state index contributed by atoms with van der Waals surface area (Å²) in [6, 6.07) is 14.0. The second-order valence-electron chi connectivity index (χ2n) is 6.35. The largest absolute Gasteiger partial charge is 0.496 e. The van der Waals surface area contributed by atoms with Gasteiger partial charge in [-0.15, -0.1) is 0 Å². The van der Waals surface area contributed by atoms with Crippen molar-refractivity contribution in [3.8, 4) is 5.75 Å². The summed E-state index contributed by atoms with van der Waals surface area (Å²) in [6.07, 6.45) is 0. The van der Waals surface area contributed by atoms with Gasteiger partial charge in [0.1, 0.15) is 12.3 Å². The number of para-hydroxylation sites is 1. The molecule has 0 radical (unpaired) electrons. The van der Waals surface area contributed by atoms with E-state index in [1.807, 2.05) is 23.1 Å². The van der Waals surface area contributed by atoms with Gasteiger partial charge in [0.05, 0.1) is 43.8 Å². The molecule has 1 aliphatic heterocycles. The lowest BCUT2D eigenvalue weighted by Gasteiger charge is -2.32. The molecule has 7 heteroatoms. The molecule has 3 rings (SSSR count). The number of carbonyl (C=O) groups excluding carboxylic acids is 1. The molecule has 0 aliphatic carbocycles. The number of amides is 1. The average Bonchev–Trinajstić information content (AvgIpc) is 2.68. The van der Waals surface area contributed by atoms with Gasteiger partial charge in [0, 0.05) is 17.7 Å². The Kier molecular flexibility index (Phi) is 5.48. The number of nitrogens with one attached hydrogen (secondary N) is 1. The second kappa shape index (κ2) is 7.97. The number of nitro benzene ring substituents is 1. The lowest BCUT2D eigenvalue weighted by atomic mass is 10.1. The Balaban J connectivity index is 1.60. The van der Waals surface area contributed by atoms with E-state index in [0.717, 1.165) is 25.2 Å². The fourth-order valence-corrected chi connectivity index (χ4v) is 3.26. The maximum Gasteiger partial charge on any atom is 0.269 e. The Bertz CT molecular complexity index is 801. The van der Waals surface area contributed by atoms with Gasteiger partial charge < -0.3 is 14.5 Å². The fourth-order valence-electron chi connectivity index (χ4n) is 3.26. The summed E-state index contributed by atoms with van der Waals surface area (Å²) < 4.78 is 5.28. The first kappa shape index (κ1) is 17.9. The van der Waals surface area contributed by atoms with Crippen LogP contribution in [0, 0.1) is 10.1 Å². The van der Waals surface area contributed by atoms with E-state index in [-0.39, 0.29) is 16.5 Å². The summed E-state index contributed by atoms with van der Waals surface area (Å²) in [5, 5.41) is 10.9. The van der Waals surface area contributed by atoms with Gasteiger partial charge in [-0.25, -0.2) is 0 Å². The highest BCUT2D eigenvalue weighted by molar-refractivity contribution is 5.97. The summed E-state index contributed by atoms with van der Waals surface area (Å²) in [7, 11) is 1.56. The van der Waals surface area contributed by atoms with E-state index in [4.69, 9.17) is 4.74 Å². The predicted octanol–water partition coefficient (Wildman–Crippen LogP) is 1.14. The molecular formula is C19H22N3O4+. The Morgan fingerprint density at radius 2 is 1.92 bits per heavy atom. The standard InChI is InChI=1S/C19H21N3O4/c1-26-18-8-3-2-7-17(18)19(23)21-11-9-20(10-12-21)14-15-5-4-6-16(13-15)22(24)25/h2-8,13H,9-12,14H2,1H3/p+1. The predicted molar refractivity (Wildman–Crippen MR) is 96.4 cm³/mol. The normalized spacial score (nSPS) is 14.9. The van der Waals surface area contributed by atoms with Crippen LogP contribution in [0.5, 0.6) is 5.75 Å². The molecule has 136 valence electrons. The monoisotopic (exact) mass is 356 g/mol. The summed E-state index contributed by atoms with van der Waals surface area (Å²) in [6.45, 7) is 3.65. The molecule has 2 aromatic rings. The van der Waals surface area contributed by atoms with Crippen molar-refractivity contribution >= 4 is 11.6 Å². The minimum Gasteiger partial charge on any atom is -0.496 e. The van der Waals surface area contributed by atoms with E-state index in [1.54, 1.807) is 31.4 Å². The van der Waals surface area contributed by atoms with E-state index in [1.165, 1.54) is 11.0 Å². The van der Waals surface area contributed by atoms with Crippen LogP contribution in [0.4, 0.5) is 5.69 Å². The van der Waals surface area contributed by atoms with Gasteiger partial charge in [-0.3, -0.25) is 14.9 Å². The highest BCUT2D eigenvalue weighted by atomic mass is 16.6. The van der Waals surface area contributed by atoms with Crippen molar-refractivity contribution in [2.75, 3.05) is 33.3 Å². The number of hydrogen-bond acceptors (Lipinski definition) is 4. The minimum atomic E-state index is -0.372. The third-order valence-electron chi connectivity index (χ3n) is 4.67. The van der Waals surface area contributed by atoms with Gasteiger partial charge in [0.25, 0.3) is 11.6 Å². The second-order valence-corrected chi connectivity index (χ2v) is 6.35. The van der Waals surface area contributed by atoms with Crippen LogP contribution in [0.15, 0.2) is 48.5 Å². The number of hydrogen-bond donors (Lipinski definition) is 1. The van der Waals surface area contributed by atoms with E-state index < -0.39 is 0 Å². The SMILES string of the molecule is COc1ccccc1C(=O)N1CC[NH+](Cc2cccc([N+](=O)[O-])c2)CC1. The van der Waals surface area contributed by atoms with E-state index in [2.05, 4.69) is 0 Å². The van der Waals surface area contributed by atoms with Crippen molar-refractivity contribution in [2.24, 2.45) is 0 Å². The number of piperazine rings is 1. The van der Waals surface area contributed by atoms with E-state index in [0.29, 0.717) is 24.4 Å². The first-order chi connectivity index (χ1) is 12.6. The first-order valence-corrected chi connectivity index (χ1v) is 8.57. The number of rotatable bonds is 5. The zero-order chi connectivity index (χ0) is 18.5. The van der Waals surface area contributed by atoms with Crippen molar-refractivity contribution in [3.05, 3.63) is 69.8 Å². The van der Waals surface area contributed by atoms with Gasteiger partial charge in [-0.2, -0.15) is 0 Å². The molecule has 2 aromatic carbocycles. The van der Waals surface area contributed by atoms with Crippen molar-refractivity contribution < 1.29 is 19.4 Å². The molecule has 1 aliphatic rings. The molecule has 0 spiro atoms. The number of methoxy groups -OCH3 is 1. The van der Waals surface area contributed by atoms with Gasteiger partial charge >= 0.3 is 0 Å². The molecule has 0 bridgehead atoms. The highest BCUT2D eigenvalue weighted by Gasteiger charge is 2.26. The molecule has 1 heterocycles. The third kappa shape index (κ3) is 4.00. The first-order valence-electron chi connectivity index (χ1n) is 8.57. The summed E-state index contributed by atoms with van der Waals surface area (Å²) >= 11 is 0. The molecule has 1 N–H and O–H groups in total. The Labute approximate surface area is 151 Å². The Morgan fingerprint density at radius 3 is 2.62 bits per heavy atom. The number of non-ortho nitro benzene ring substituents is 1. The molecule has 0 aromatic heterocycles. The van der Waals surface area contributed by atoms with Crippen LogP contribution in [0.2, 0.25) is 0 Å². The maximum absolute atomic E-state index is 12.7. The highest BCUT2D eigenvalue weighted by Crippen LogP contribution is 2.19. The van der Waals surface area contributed by atoms with Crippen LogP contribution in [0.1, 0.15) is 15.9 Å².